The lowest BCUT2D eigenvalue weighted by Gasteiger charge is -2.44. The highest BCUT2D eigenvalue weighted by Crippen LogP contribution is 2.41. The zero-order valence-corrected chi connectivity index (χ0v) is 13.2. The summed E-state index contributed by atoms with van der Waals surface area (Å²) in [7, 11) is 0. The quantitative estimate of drug-likeness (QED) is 0.753. The van der Waals surface area contributed by atoms with Gasteiger partial charge in [-0.1, -0.05) is 13.3 Å². The third-order valence-electron chi connectivity index (χ3n) is 5.15. The van der Waals surface area contributed by atoms with E-state index < -0.39 is 11.5 Å². The molecule has 3 unspecified atom stereocenters. The van der Waals surface area contributed by atoms with Gasteiger partial charge in [-0.25, -0.2) is 0 Å². The molecule has 1 aliphatic heterocycles. The van der Waals surface area contributed by atoms with Crippen LogP contribution in [0.25, 0.3) is 0 Å². The van der Waals surface area contributed by atoms with Gasteiger partial charge >= 0.3 is 5.97 Å². The molecule has 2 fully saturated rings. The minimum Gasteiger partial charge on any atom is -0.480 e. The number of hydrogen-bond acceptors (Lipinski definition) is 3. The van der Waals surface area contributed by atoms with Crippen molar-refractivity contribution < 1.29 is 9.90 Å². The number of nitrogens with zero attached hydrogens (tertiary/aromatic N) is 1. The topological polar surface area (TPSA) is 52.6 Å². The summed E-state index contributed by atoms with van der Waals surface area (Å²) in [6.07, 6.45) is 6.74. The van der Waals surface area contributed by atoms with Crippen molar-refractivity contribution >= 4 is 5.97 Å². The van der Waals surface area contributed by atoms with Crippen molar-refractivity contribution in [2.75, 3.05) is 13.1 Å². The molecule has 2 aliphatic rings. The molecule has 3 atom stereocenters. The van der Waals surface area contributed by atoms with Crippen molar-refractivity contribution in [3.63, 3.8) is 0 Å². The van der Waals surface area contributed by atoms with Crippen LogP contribution in [0.1, 0.15) is 59.3 Å². The van der Waals surface area contributed by atoms with Crippen LogP contribution in [0.15, 0.2) is 0 Å². The molecule has 20 heavy (non-hydrogen) atoms. The van der Waals surface area contributed by atoms with E-state index >= 15 is 0 Å². The van der Waals surface area contributed by atoms with Crippen molar-refractivity contribution in [1.82, 2.24) is 10.2 Å². The standard InChI is InChI=1S/C16H30N2O2/c1-4-10-17-16(15(19)20,14-8-9-14)11-18-12(2)6-5-7-13(18)3/h12-14,17H,4-11H2,1-3H3,(H,19,20). The van der Waals surface area contributed by atoms with Crippen LogP contribution in [0.4, 0.5) is 0 Å². The first-order chi connectivity index (χ1) is 9.51. The molecule has 2 N–H and O–H groups in total. The molecule has 4 heteroatoms. The van der Waals surface area contributed by atoms with Crippen molar-refractivity contribution in [2.45, 2.75) is 76.9 Å². The molecule has 0 aromatic rings. The summed E-state index contributed by atoms with van der Waals surface area (Å²) in [5, 5.41) is 13.3. The van der Waals surface area contributed by atoms with Gasteiger partial charge in [0.2, 0.25) is 0 Å². The monoisotopic (exact) mass is 282 g/mol. The van der Waals surface area contributed by atoms with Crippen LogP contribution in [0.5, 0.6) is 0 Å². The maximum atomic E-state index is 12.0. The number of carboxylic acids is 1. The average Bonchev–Trinajstić information content (AvgIpc) is 3.22. The molecule has 116 valence electrons. The van der Waals surface area contributed by atoms with Gasteiger partial charge in [0, 0.05) is 18.6 Å². The molecule has 0 radical (unpaired) electrons. The summed E-state index contributed by atoms with van der Waals surface area (Å²) in [5.41, 5.74) is -0.726. The largest absolute Gasteiger partial charge is 0.480 e. The minimum absolute atomic E-state index is 0.313. The van der Waals surface area contributed by atoms with Gasteiger partial charge in [0.15, 0.2) is 0 Å². The van der Waals surface area contributed by atoms with E-state index in [1.165, 1.54) is 19.3 Å². The lowest BCUT2D eigenvalue weighted by Crippen LogP contribution is -2.63. The Kier molecular flexibility index (Phi) is 5.08. The van der Waals surface area contributed by atoms with E-state index in [4.69, 9.17) is 0 Å². The van der Waals surface area contributed by atoms with Crippen LogP contribution in [0.2, 0.25) is 0 Å². The summed E-state index contributed by atoms with van der Waals surface area (Å²) in [6, 6.07) is 0.999. The SMILES string of the molecule is CCCNC(CN1C(C)CCCC1C)(C(=O)O)C1CC1. The normalized spacial score (nSPS) is 30.9. The maximum absolute atomic E-state index is 12.0. The predicted molar refractivity (Wildman–Crippen MR) is 80.9 cm³/mol. The van der Waals surface area contributed by atoms with Crippen molar-refractivity contribution in [3.05, 3.63) is 0 Å². The van der Waals surface area contributed by atoms with Crippen molar-refractivity contribution in [3.8, 4) is 0 Å². The molecule has 4 nitrogen and oxygen atoms in total. The smallest absolute Gasteiger partial charge is 0.325 e. The van der Waals surface area contributed by atoms with Crippen LogP contribution in [0.3, 0.4) is 0 Å². The molecule has 1 saturated carbocycles. The molecular weight excluding hydrogens is 252 g/mol. The summed E-state index contributed by atoms with van der Waals surface area (Å²) < 4.78 is 0. The second kappa shape index (κ2) is 6.44. The van der Waals surface area contributed by atoms with Gasteiger partial charge in [0.05, 0.1) is 0 Å². The predicted octanol–water partition coefficient (Wildman–Crippen LogP) is 2.48. The van der Waals surface area contributed by atoms with Gasteiger partial charge in [-0.05, 0) is 58.4 Å². The van der Waals surface area contributed by atoms with Gasteiger partial charge in [0.25, 0.3) is 0 Å². The van der Waals surface area contributed by atoms with Crippen LogP contribution >= 0.6 is 0 Å². The van der Waals surface area contributed by atoms with Crippen LogP contribution in [0, 0.1) is 5.92 Å². The highest BCUT2D eigenvalue weighted by atomic mass is 16.4. The molecule has 0 bridgehead atoms. The highest BCUT2D eigenvalue weighted by molar-refractivity contribution is 5.80. The zero-order valence-electron chi connectivity index (χ0n) is 13.2. The van der Waals surface area contributed by atoms with E-state index in [0.717, 1.165) is 25.8 Å². The first-order valence-corrected chi connectivity index (χ1v) is 8.25. The third kappa shape index (κ3) is 3.17. The molecule has 2 rings (SSSR count). The van der Waals surface area contributed by atoms with E-state index in [1.54, 1.807) is 0 Å². The number of rotatable bonds is 7. The van der Waals surface area contributed by atoms with E-state index in [1.807, 2.05) is 0 Å². The fourth-order valence-electron chi connectivity index (χ4n) is 3.65. The number of aliphatic carboxylic acids is 1. The minimum atomic E-state index is -0.726. The molecule has 0 spiro atoms. The number of likely N-dealkylation sites (tertiary alicyclic amines) is 1. The van der Waals surface area contributed by atoms with Crippen LogP contribution in [-0.4, -0.2) is 46.7 Å². The van der Waals surface area contributed by atoms with E-state index in [2.05, 4.69) is 31.0 Å². The summed E-state index contributed by atoms with van der Waals surface area (Å²) in [4.78, 5) is 14.4. The van der Waals surface area contributed by atoms with Crippen LogP contribution in [-0.2, 0) is 4.79 Å². The molecule has 1 aliphatic carbocycles. The second-order valence-electron chi connectivity index (χ2n) is 6.78. The Bertz CT molecular complexity index is 333. The maximum Gasteiger partial charge on any atom is 0.325 e. The first kappa shape index (κ1) is 15.8. The number of hydrogen-bond donors (Lipinski definition) is 2. The second-order valence-corrected chi connectivity index (χ2v) is 6.78. The third-order valence-corrected chi connectivity index (χ3v) is 5.15. The lowest BCUT2D eigenvalue weighted by molar-refractivity contribution is -0.148. The Hall–Kier alpha value is -0.610. The Morgan fingerprint density at radius 1 is 1.25 bits per heavy atom. The van der Waals surface area contributed by atoms with Crippen molar-refractivity contribution in [2.24, 2.45) is 5.92 Å². The van der Waals surface area contributed by atoms with Crippen LogP contribution < -0.4 is 5.32 Å². The fourth-order valence-corrected chi connectivity index (χ4v) is 3.65. The Morgan fingerprint density at radius 3 is 2.30 bits per heavy atom. The Balaban J connectivity index is 2.15. The fraction of sp³-hybridized carbons (Fsp3) is 0.938. The Morgan fingerprint density at radius 2 is 1.85 bits per heavy atom. The molecule has 0 aromatic carbocycles. The number of nitrogens with one attached hydrogen (secondary N) is 1. The molecule has 0 amide bonds. The lowest BCUT2D eigenvalue weighted by atomic mass is 9.88. The molecule has 1 heterocycles. The van der Waals surface area contributed by atoms with Gasteiger partial charge in [-0.15, -0.1) is 0 Å². The van der Waals surface area contributed by atoms with Gasteiger partial charge in [0.1, 0.15) is 5.54 Å². The molecular formula is C16H30N2O2. The number of piperidine rings is 1. The Labute approximate surface area is 122 Å². The summed E-state index contributed by atoms with van der Waals surface area (Å²) in [6.45, 7) is 8.04. The summed E-state index contributed by atoms with van der Waals surface area (Å²) in [5.74, 6) is -0.341. The van der Waals surface area contributed by atoms with Gasteiger partial charge in [-0.3, -0.25) is 9.69 Å². The molecule has 0 aromatic heterocycles. The zero-order chi connectivity index (χ0) is 14.8. The number of carbonyl (C=O) groups is 1. The van der Waals surface area contributed by atoms with Gasteiger partial charge in [-0.2, -0.15) is 0 Å². The van der Waals surface area contributed by atoms with Crippen molar-refractivity contribution in [1.29, 1.82) is 0 Å². The number of carboxylic acid groups (broad SMARTS) is 1. The first-order valence-electron chi connectivity index (χ1n) is 8.25. The van der Waals surface area contributed by atoms with E-state index in [9.17, 15) is 9.90 Å². The highest BCUT2D eigenvalue weighted by Gasteiger charge is 2.52. The molecule has 1 saturated heterocycles. The average molecular weight is 282 g/mol. The van der Waals surface area contributed by atoms with Gasteiger partial charge < -0.3 is 10.4 Å². The van der Waals surface area contributed by atoms with E-state index in [0.29, 0.717) is 24.5 Å². The van der Waals surface area contributed by atoms with E-state index in [-0.39, 0.29) is 0 Å². The summed E-state index contributed by atoms with van der Waals surface area (Å²) >= 11 is 0.